The summed E-state index contributed by atoms with van der Waals surface area (Å²) in [6, 6.07) is 11.3. The van der Waals surface area contributed by atoms with E-state index < -0.39 is 17.0 Å². The number of aryl methyl sites for hydroxylation is 1. The molecule has 0 bridgehead atoms. The van der Waals surface area contributed by atoms with Crippen molar-refractivity contribution in [3.8, 4) is 17.1 Å². The van der Waals surface area contributed by atoms with Gasteiger partial charge in [-0.3, -0.25) is 9.36 Å². The Hall–Kier alpha value is -3.33. The van der Waals surface area contributed by atoms with Gasteiger partial charge < -0.3 is 15.2 Å². The van der Waals surface area contributed by atoms with Gasteiger partial charge in [-0.2, -0.15) is 17.6 Å². The van der Waals surface area contributed by atoms with Crippen LogP contribution in [0.25, 0.3) is 11.1 Å². The molecule has 0 spiro atoms. The standard InChI is InChI=1S/C28H34FN3O4S/c1-5-22-23(15-30-26(33)24(37)13-17(3)4)32(28(31-22)36-6-2)16-19-10-8-12-21(25(19)27(34)35)18-9-7-11-20(29)14-18/h7-12,14,17,24,37H,5-6,13,15-16H2,1-4H3,(H,30,33)(H,34,35). The maximum Gasteiger partial charge on any atom is 0.336 e. The fraction of sp³-hybridized carbons (Fsp3) is 0.393. The summed E-state index contributed by atoms with van der Waals surface area (Å²) >= 11 is 4.44. The fourth-order valence-corrected chi connectivity index (χ4v) is 4.80. The molecule has 3 aromatic rings. The van der Waals surface area contributed by atoms with E-state index >= 15 is 0 Å². The Kier molecular flexibility index (Phi) is 9.74. The van der Waals surface area contributed by atoms with Crippen LogP contribution in [0.5, 0.6) is 6.01 Å². The summed E-state index contributed by atoms with van der Waals surface area (Å²) in [5.41, 5.74) is 2.96. The Labute approximate surface area is 222 Å². The molecule has 0 aliphatic carbocycles. The maximum absolute atomic E-state index is 13.9. The third kappa shape index (κ3) is 6.91. The third-order valence-corrected chi connectivity index (χ3v) is 6.43. The predicted molar refractivity (Wildman–Crippen MR) is 145 cm³/mol. The predicted octanol–water partition coefficient (Wildman–Crippen LogP) is 5.36. The highest BCUT2D eigenvalue weighted by molar-refractivity contribution is 7.81. The second-order valence-corrected chi connectivity index (χ2v) is 9.80. The van der Waals surface area contributed by atoms with Crippen LogP contribution in [0.2, 0.25) is 0 Å². The minimum atomic E-state index is -1.12. The van der Waals surface area contributed by atoms with Crippen molar-refractivity contribution >= 4 is 24.5 Å². The first-order valence-corrected chi connectivity index (χ1v) is 13.0. The van der Waals surface area contributed by atoms with Crippen LogP contribution < -0.4 is 10.1 Å². The quantitative estimate of drug-likeness (QED) is 0.276. The van der Waals surface area contributed by atoms with Gasteiger partial charge >= 0.3 is 5.97 Å². The smallest absolute Gasteiger partial charge is 0.336 e. The van der Waals surface area contributed by atoms with E-state index in [1.54, 1.807) is 34.9 Å². The normalized spacial score (nSPS) is 12.0. The van der Waals surface area contributed by atoms with Crippen molar-refractivity contribution < 1.29 is 23.8 Å². The highest BCUT2D eigenvalue weighted by atomic mass is 32.1. The number of nitrogens with zero attached hydrogens (tertiary/aromatic N) is 2. The van der Waals surface area contributed by atoms with E-state index in [2.05, 4.69) is 22.9 Å². The Morgan fingerprint density at radius 3 is 2.54 bits per heavy atom. The lowest BCUT2D eigenvalue weighted by atomic mass is 9.95. The number of thiol groups is 1. The average Bonchev–Trinajstić information content (AvgIpc) is 3.17. The monoisotopic (exact) mass is 527 g/mol. The molecule has 1 atom stereocenters. The first-order chi connectivity index (χ1) is 17.7. The van der Waals surface area contributed by atoms with E-state index in [9.17, 15) is 19.1 Å². The van der Waals surface area contributed by atoms with Crippen molar-refractivity contribution in [3.63, 3.8) is 0 Å². The Bertz CT molecular complexity index is 1260. The van der Waals surface area contributed by atoms with Crippen LogP contribution in [0, 0.1) is 11.7 Å². The van der Waals surface area contributed by atoms with Crippen LogP contribution in [0.3, 0.4) is 0 Å². The Balaban J connectivity index is 2.04. The van der Waals surface area contributed by atoms with Gasteiger partial charge in [0.15, 0.2) is 0 Å². The lowest BCUT2D eigenvalue weighted by Crippen LogP contribution is -2.33. The van der Waals surface area contributed by atoms with E-state index in [1.807, 2.05) is 27.7 Å². The molecule has 1 amide bonds. The molecule has 0 fully saturated rings. The molecule has 0 saturated heterocycles. The van der Waals surface area contributed by atoms with E-state index in [1.165, 1.54) is 12.1 Å². The van der Waals surface area contributed by atoms with Crippen LogP contribution in [0.1, 0.15) is 61.4 Å². The van der Waals surface area contributed by atoms with Crippen LogP contribution in [-0.2, 0) is 24.3 Å². The first kappa shape index (κ1) is 28.2. The molecule has 37 heavy (non-hydrogen) atoms. The largest absolute Gasteiger partial charge is 0.478 e. The van der Waals surface area contributed by atoms with Crippen molar-refractivity contribution in [1.82, 2.24) is 14.9 Å². The number of carbonyl (C=O) groups excluding carboxylic acids is 1. The zero-order valence-electron chi connectivity index (χ0n) is 21.6. The summed E-state index contributed by atoms with van der Waals surface area (Å²) < 4.78 is 21.5. The van der Waals surface area contributed by atoms with Gasteiger partial charge in [0.05, 0.1) is 41.9 Å². The van der Waals surface area contributed by atoms with Gasteiger partial charge in [-0.05, 0) is 54.5 Å². The number of nitrogens with one attached hydrogen (secondary N) is 1. The van der Waals surface area contributed by atoms with Gasteiger partial charge in [-0.15, -0.1) is 0 Å². The first-order valence-electron chi connectivity index (χ1n) is 12.4. The summed E-state index contributed by atoms with van der Waals surface area (Å²) in [7, 11) is 0. The van der Waals surface area contributed by atoms with Crippen LogP contribution >= 0.6 is 12.6 Å². The van der Waals surface area contributed by atoms with E-state index in [4.69, 9.17) is 4.74 Å². The van der Waals surface area contributed by atoms with Crippen molar-refractivity contribution in [2.75, 3.05) is 6.61 Å². The van der Waals surface area contributed by atoms with Gasteiger partial charge in [-0.25, -0.2) is 9.18 Å². The number of hydrogen-bond acceptors (Lipinski definition) is 5. The summed E-state index contributed by atoms with van der Waals surface area (Å²) in [6.07, 6.45) is 1.25. The van der Waals surface area contributed by atoms with Crippen molar-refractivity contribution in [1.29, 1.82) is 0 Å². The molecule has 1 unspecified atom stereocenters. The highest BCUT2D eigenvalue weighted by Gasteiger charge is 2.23. The van der Waals surface area contributed by atoms with Crippen molar-refractivity contribution in [2.24, 2.45) is 5.92 Å². The molecule has 0 aliphatic rings. The number of benzene rings is 2. The minimum Gasteiger partial charge on any atom is -0.478 e. The highest BCUT2D eigenvalue weighted by Crippen LogP contribution is 2.30. The lowest BCUT2D eigenvalue weighted by molar-refractivity contribution is -0.121. The number of imidazole rings is 1. The summed E-state index contributed by atoms with van der Waals surface area (Å²) in [6.45, 7) is 8.59. The zero-order chi connectivity index (χ0) is 27.1. The number of hydrogen-bond donors (Lipinski definition) is 3. The van der Waals surface area contributed by atoms with Gasteiger partial charge in [0.1, 0.15) is 5.82 Å². The summed E-state index contributed by atoms with van der Waals surface area (Å²) in [5, 5.41) is 12.7. The van der Waals surface area contributed by atoms with E-state index in [-0.39, 0.29) is 24.6 Å². The molecular formula is C28H34FN3O4S. The molecule has 7 nitrogen and oxygen atoms in total. The van der Waals surface area contributed by atoms with Gasteiger partial charge in [0, 0.05) is 0 Å². The van der Waals surface area contributed by atoms with Crippen molar-refractivity contribution in [3.05, 3.63) is 70.8 Å². The molecule has 1 heterocycles. The number of carbonyl (C=O) groups is 2. The zero-order valence-corrected chi connectivity index (χ0v) is 22.5. The number of aromatic carboxylic acids is 1. The number of carboxylic acids is 1. The number of halogens is 1. The third-order valence-electron chi connectivity index (χ3n) is 5.98. The number of ether oxygens (including phenoxy) is 1. The van der Waals surface area contributed by atoms with Crippen LogP contribution in [0.15, 0.2) is 42.5 Å². The van der Waals surface area contributed by atoms with E-state index in [0.29, 0.717) is 48.1 Å². The molecule has 2 aromatic carbocycles. The molecular weight excluding hydrogens is 493 g/mol. The topological polar surface area (TPSA) is 93.5 Å². The number of rotatable bonds is 12. The van der Waals surface area contributed by atoms with Gasteiger partial charge in [-0.1, -0.05) is 51.1 Å². The second kappa shape index (κ2) is 12.8. The molecule has 1 aromatic heterocycles. The number of aromatic nitrogens is 2. The molecule has 0 radical (unpaired) electrons. The minimum absolute atomic E-state index is 0.0737. The number of carboxylic acid groups (broad SMARTS) is 1. The Morgan fingerprint density at radius 1 is 1.19 bits per heavy atom. The number of amides is 1. The summed E-state index contributed by atoms with van der Waals surface area (Å²) in [5.74, 6) is -1.42. The molecule has 0 aliphatic heterocycles. The van der Waals surface area contributed by atoms with Gasteiger partial charge in [0.25, 0.3) is 6.01 Å². The molecule has 198 valence electrons. The van der Waals surface area contributed by atoms with Crippen LogP contribution in [0.4, 0.5) is 4.39 Å². The van der Waals surface area contributed by atoms with Crippen LogP contribution in [-0.4, -0.2) is 38.4 Å². The molecule has 2 N–H and O–H groups in total. The lowest BCUT2D eigenvalue weighted by Gasteiger charge is -2.18. The summed E-state index contributed by atoms with van der Waals surface area (Å²) in [4.78, 5) is 29.7. The van der Waals surface area contributed by atoms with Crippen molar-refractivity contribution in [2.45, 2.75) is 58.9 Å². The van der Waals surface area contributed by atoms with Gasteiger partial charge in [0.2, 0.25) is 5.91 Å². The SMILES string of the molecule is CCOc1nc(CC)c(CNC(=O)C(S)CC(C)C)n1Cc1cccc(-c2cccc(F)c2)c1C(=O)O. The fourth-order valence-electron chi connectivity index (χ4n) is 4.29. The second-order valence-electron chi connectivity index (χ2n) is 9.18. The molecule has 0 saturated carbocycles. The average molecular weight is 528 g/mol. The molecule has 9 heteroatoms. The Morgan fingerprint density at radius 2 is 1.92 bits per heavy atom. The van der Waals surface area contributed by atoms with E-state index in [0.717, 1.165) is 11.4 Å². The molecule has 3 rings (SSSR count). The maximum atomic E-state index is 13.9.